The van der Waals surface area contributed by atoms with E-state index in [-0.39, 0.29) is 12.1 Å². The lowest BCUT2D eigenvalue weighted by Gasteiger charge is -2.12. The van der Waals surface area contributed by atoms with E-state index in [1.54, 1.807) is 0 Å². The normalized spacial score (nSPS) is 12.6. The molecule has 1 unspecified atom stereocenters. The SMILES string of the molecule is C#CCC(N)C(=O)Nc1ccc(F)c(C(F)(F)F)c1. The Morgan fingerprint density at radius 3 is 2.63 bits per heavy atom. The molecule has 0 radical (unpaired) electrons. The van der Waals surface area contributed by atoms with Gasteiger partial charge in [0.25, 0.3) is 0 Å². The van der Waals surface area contributed by atoms with Crippen LogP contribution in [0, 0.1) is 18.2 Å². The molecular weight excluding hydrogens is 264 g/mol. The number of alkyl halides is 3. The zero-order valence-electron chi connectivity index (χ0n) is 9.59. The molecule has 0 heterocycles. The lowest BCUT2D eigenvalue weighted by Crippen LogP contribution is -2.35. The molecule has 0 aliphatic heterocycles. The van der Waals surface area contributed by atoms with Gasteiger partial charge in [-0.3, -0.25) is 4.79 Å². The van der Waals surface area contributed by atoms with Gasteiger partial charge in [0.1, 0.15) is 5.82 Å². The highest BCUT2D eigenvalue weighted by atomic mass is 19.4. The summed E-state index contributed by atoms with van der Waals surface area (Å²) in [6.45, 7) is 0. The van der Waals surface area contributed by atoms with Crippen LogP contribution in [0.1, 0.15) is 12.0 Å². The summed E-state index contributed by atoms with van der Waals surface area (Å²) in [6, 6.07) is 1.08. The Labute approximate surface area is 106 Å². The van der Waals surface area contributed by atoms with Crippen molar-refractivity contribution in [2.45, 2.75) is 18.6 Å². The number of carbonyl (C=O) groups is 1. The minimum atomic E-state index is -4.84. The van der Waals surface area contributed by atoms with E-state index < -0.39 is 29.5 Å². The second-order valence-corrected chi connectivity index (χ2v) is 3.70. The third kappa shape index (κ3) is 3.96. The molecule has 0 saturated heterocycles. The molecule has 3 nitrogen and oxygen atoms in total. The van der Waals surface area contributed by atoms with Crippen molar-refractivity contribution in [3.05, 3.63) is 29.6 Å². The van der Waals surface area contributed by atoms with Gasteiger partial charge in [0.05, 0.1) is 11.6 Å². The summed E-state index contributed by atoms with van der Waals surface area (Å²) in [7, 11) is 0. The van der Waals surface area contributed by atoms with E-state index in [2.05, 4.69) is 11.2 Å². The van der Waals surface area contributed by atoms with Crippen LogP contribution < -0.4 is 11.1 Å². The molecule has 7 heteroatoms. The summed E-state index contributed by atoms with van der Waals surface area (Å²) in [5.74, 6) is -0.00331. The summed E-state index contributed by atoms with van der Waals surface area (Å²) in [5, 5.41) is 2.14. The smallest absolute Gasteiger partial charge is 0.325 e. The van der Waals surface area contributed by atoms with E-state index in [1.807, 2.05) is 0 Å². The van der Waals surface area contributed by atoms with Crippen LogP contribution in [0.3, 0.4) is 0 Å². The Morgan fingerprint density at radius 2 is 2.11 bits per heavy atom. The second-order valence-electron chi connectivity index (χ2n) is 3.70. The fourth-order valence-electron chi connectivity index (χ4n) is 1.27. The number of terminal acetylenes is 1. The molecule has 0 aliphatic carbocycles. The van der Waals surface area contributed by atoms with Gasteiger partial charge in [0.15, 0.2) is 0 Å². The molecule has 0 bridgehead atoms. The lowest BCUT2D eigenvalue weighted by atomic mass is 10.1. The summed E-state index contributed by atoms with van der Waals surface area (Å²) in [6.07, 6.45) is 0.0554. The monoisotopic (exact) mass is 274 g/mol. The Kier molecular flexibility index (Phi) is 4.51. The number of amides is 1. The summed E-state index contributed by atoms with van der Waals surface area (Å²) in [5.41, 5.74) is 3.71. The van der Waals surface area contributed by atoms with Crippen LogP contribution >= 0.6 is 0 Å². The average molecular weight is 274 g/mol. The molecule has 0 saturated carbocycles. The molecule has 1 rings (SSSR count). The Hall–Kier alpha value is -2.07. The maximum Gasteiger partial charge on any atom is 0.419 e. The highest BCUT2D eigenvalue weighted by Gasteiger charge is 2.34. The lowest BCUT2D eigenvalue weighted by molar-refractivity contribution is -0.140. The van der Waals surface area contributed by atoms with Gasteiger partial charge in [0, 0.05) is 12.1 Å². The molecule has 1 aromatic rings. The number of rotatable bonds is 3. The maximum atomic E-state index is 13.0. The molecule has 1 atom stereocenters. The Balaban J connectivity index is 2.93. The van der Waals surface area contributed by atoms with Gasteiger partial charge < -0.3 is 11.1 Å². The number of benzene rings is 1. The van der Waals surface area contributed by atoms with E-state index in [9.17, 15) is 22.4 Å². The largest absolute Gasteiger partial charge is 0.419 e. The number of hydrogen-bond acceptors (Lipinski definition) is 2. The topological polar surface area (TPSA) is 55.1 Å². The Morgan fingerprint density at radius 1 is 1.47 bits per heavy atom. The zero-order valence-corrected chi connectivity index (χ0v) is 9.59. The van der Waals surface area contributed by atoms with Gasteiger partial charge in [-0.25, -0.2) is 4.39 Å². The quantitative estimate of drug-likeness (QED) is 0.655. The van der Waals surface area contributed by atoms with Crippen molar-refractivity contribution in [1.29, 1.82) is 0 Å². The standard InChI is InChI=1S/C12H10F4N2O/c1-2-3-10(17)11(19)18-7-4-5-9(13)8(6-7)12(14,15)16/h1,4-6,10H,3,17H2,(H,18,19). The van der Waals surface area contributed by atoms with Crippen LogP contribution in [0.4, 0.5) is 23.2 Å². The Bertz CT molecular complexity index is 519. The number of nitrogens with two attached hydrogens (primary N) is 1. The molecule has 1 amide bonds. The van der Waals surface area contributed by atoms with E-state index >= 15 is 0 Å². The predicted molar refractivity (Wildman–Crippen MR) is 61.5 cm³/mol. The third-order valence-corrected chi connectivity index (χ3v) is 2.21. The molecule has 19 heavy (non-hydrogen) atoms. The minimum Gasteiger partial charge on any atom is -0.325 e. The van der Waals surface area contributed by atoms with Crippen molar-refractivity contribution in [2.75, 3.05) is 5.32 Å². The number of nitrogens with one attached hydrogen (secondary N) is 1. The van der Waals surface area contributed by atoms with Crippen LogP contribution in [0.2, 0.25) is 0 Å². The molecule has 3 N–H and O–H groups in total. The van der Waals surface area contributed by atoms with Crippen molar-refractivity contribution in [1.82, 2.24) is 0 Å². The average Bonchev–Trinajstić information content (AvgIpc) is 2.30. The first-order chi connectivity index (χ1) is 8.75. The van der Waals surface area contributed by atoms with Gasteiger partial charge >= 0.3 is 6.18 Å². The van der Waals surface area contributed by atoms with Crippen LogP contribution in [-0.4, -0.2) is 11.9 Å². The second kappa shape index (κ2) is 5.71. The summed E-state index contributed by atoms with van der Waals surface area (Å²) in [4.78, 5) is 11.4. The maximum absolute atomic E-state index is 13.0. The molecule has 0 aliphatic rings. The molecular formula is C12H10F4N2O. The number of anilines is 1. The fraction of sp³-hybridized carbons (Fsp3) is 0.250. The molecule has 0 spiro atoms. The molecule has 0 fully saturated rings. The van der Waals surface area contributed by atoms with Gasteiger partial charge in [-0.2, -0.15) is 13.2 Å². The highest BCUT2D eigenvalue weighted by molar-refractivity contribution is 5.94. The van der Waals surface area contributed by atoms with Crippen LogP contribution in [0.5, 0.6) is 0 Å². The molecule has 0 aromatic heterocycles. The predicted octanol–water partition coefficient (Wildman–Crippen LogP) is 2.13. The van der Waals surface area contributed by atoms with Gasteiger partial charge in [-0.1, -0.05) is 0 Å². The first-order valence-electron chi connectivity index (χ1n) is 5.12. The molecule has 102 valence electrons. The third-order valence-electron chi connectivity index (χ3n) is 2.21. The number of carbonyl (C=O) groups excluding carboxylic acids is 1. The van der Waals surface area contributed by atoms with Crippen LogP contribution in [0.15, 0.2) is 18.2 Å². The number of halogens is 4. The summed E-state index contributed by atoms with van der Waals surface area (Å²) >= 11 is 0. The van der Waals surface area contributed by atoms with Gasteiger partial charge in [0.2, 0.25) is 5.91 Å². The first kappa shape index (κ1) is 15.0. The summed E-state index contributed by atoms with van der Waals surface area (Å²) < 4.78 is 50.3. The van der Waals surface area contributed by atoms with E-state index in [0.29, 0.717) is 12.1 Å². The van der Waals surface area contributed by atoms with E-state index in [4.69, 9.17) is 12.2 Å². The first-order valence-corrected chi connectivity index (χ1v) is 5.12. The van der Waals surface area contributed by atoms with Crippen molar-refractivity contribution >= 4 is 11.6 Å². The minimum absolute atomic E-state index is 0.0564. The van der Waals surface area contributed by atoms with Crippen molar-refractivity contribution in [3.63, 3.8) is 0 Å². The van der Waals surface area contributed by atoms with Crippen molar-refractivity contribution < 1.29 is 22.4 Å². The molecule has 1 aromatic carbocycles. The van der Waals surface area contributed by atoms with E-state index in [1.165, 1.54) is 0 Å². The fourth-order valence-corrected chi connectivity index (χ4v) is 1.27. The van der Waals surface area contributed by atoms with Crippen LogP contribution in [-0.2, 0) is 11.0 Å². The van der Waals surface area contributed by atoms with Crippen molar-refractivity contribution in [3.8, 4) is 12.3 Å². The van der Waals surface area contributed by atoms with Gasteiger partial charge in [-0.05, 0) is 18.2 Å². The highest BCUT2D eigenvalue weighted by Crippen LogP contribution is 2.32. The zero-order chi connectivity index (χ0) is 14.6. The van der Waals surface area contributed by atoms with Crippen molar-refractivity contribution in [2.24, 2.45) is 5.73 Å². The van der Waals surface area contributed by atoms with Gasteiger partial charge in [-0.15, -0.1) is 12.3 Å². The number of hydrogen-bond donors (Lipinski definition) is 2. The van der Waals surface area contributed by atoms with E-state index in [0.717, 1.165) is 6.07 Å². The van der Waals surface area contributed by atoms with Crippen LogP contribution in [0.25, 0.3) is 0 Å².